The largest absolute Gasteiger partial charge is 0.337 e. The molecule has 3 rings (SSSR count). The second kappa shape index (κ2) is 7.25. The molecular weight excluding hydrogens is 361 g/mol. The quantitative estimate of drug-likeness (QED) is 0.667. The van der Waals surface area contributed by atoms with Gasteiger partial charge in [-0.05, 0) is 31.2 Å². The van der Waals surface area contributed by atoms with Crippen molar-refractivity contribution in [1.29, 1.82) is 0 Å². The van der Waals surface area contributed by atoms with Crippen molar-refractivity contribution >= 4 is 29.1 Å². The first-order valence-corrected chi connectivity index (χ1v) is 8.30. The Labute approximate surface area is 155 Å². The van der Waals surface area contributed by atoms with Crippen LogP contribution in [0.5, 0.6) is 0 Å². The van der Waals surface area contributed by atoms with E-state index in [1.54, 1.807) is 19.2 Å². The normalized spacial score (nSPS) is 10.7. The molecule has 0 bridgehead atoms. The summed E-state index contributed by atoms with van der Waals surface area (Å²) in [5.41, 5.74) is 2.34. The molecule has 0 atom stereocenters. The van der Waals surface area contributed by atoms with E-state index in [2.05, 4.69) is 10.1 Å². The summed E-state index contributed by atoms with van der Waals surface area (Å²) in [6, 6.07) is 12.5. The number of carbonyl (C=O) groups is 1. The molecule has 1 heterocycles. The smallest absolute Gasteiger partial charge is 0.255 e. The van der Waals surface area contributed by atoms with Gasteiger partial charge in [0.1, 0.15) is 0 Å². The van der Waals surface area contributed by atoms with Crippen molar-refractivity contribution in [2.75, 3.05) is 7.05 Å². The molecule has 128 valence electrons. The minimum absolute atomic E-state index is 0.177. The lowest BCUT2D eigenvalue weighted by molar-refractivity contribution is 0.0770. The molecule has 0 N–H and O–H groups in total. The molecule has 0 saturated heterocycles. The summed E-state index contributed by atoms with van der Waals surface area (Å²) < 4.78 is 5.26. The van der Waals surface area contributed by atoms with Crippen LogP contribution < -0.4 is 0 Å². The van der Waals surface area contributed by atoms with Crippen LogP contribution in [0.15, 0.2) is 47.0 Å². The summed E-state index contributed by atoms with van der Waals surface area (Å²) in [7, 11) is 1.64. The van der Waals surface area contributed by atoms with Gasteiger partial charge in [0.15, 0.2) is 0 Å². The van der Waals surface area contributed by atoms with E-state index in [0.29, 0.717) is 27.3 Å². The van der Waals surface area contributed by atoms with Gasteiger partial charge in [0.25, 0.3) is 5.91 Å². The van der Waals surface area contributed by atoms with Crippen molar-refractivity contribution in [3.63, 3.8) is 0 Å². The summed E-state index contributed by atoms with van der Waals surface area (Å²) in [4.78, 5) is 18.3. The summed E-state index contributed by atoms with van der Waals surface area (Å²) in [5, 5.41) is 4.75. The van der Waals surface area contributed by atoms with Gasteiger partial charge < -0.3 is 9.42 Å². The number of aromatic nitrogens is 2. The van der Waals surface area contributed by atoms with Crippen LogP contribution in [-0.4, -0.2) is 28.0 Å². The highest BCUT2D eigenvalue weighted by Crippen LogP contribution is 2.23. The van der Waals surface area contributed by atoms with E-state index in [1.165, 1.54) is 11.0 Å². The molecule has 7 heteroatoms. The SMILES string of the molecule is Cc1cccc(-c2noc(CN(C)C(=O)c3ccc(Cl)cc3Cl)n2)c1. The Bertz CT molecular complexity index is 924. The van der Waals surface area contributed by atoms with Crippen molar-refractivity contribution in [2.45, 2.75) is 13.5 Å². The third-order valence-corrected chi connectivity index (χ3v) is 4.17. The number of hydrogen-bond donors (Lipinski definition) is 0. The zero-order chi connectivity index (χ0) is 18.0. The highest BCUT2D eigenvalue weighted by Gasteiger charge is 2.18. The minimum atomic E-state index is -0.253. The number of amides is 1. The van der Waals surface area contributed by atoms with E-state index < -0.39 is 0 Å². The summed E-state index contributed by atoms with van der Waals surface area (Å²) in [6.45, 7) is 2.17. The van der Waals surface area contributed by atoms with E-state index in [0.717, 1.165) is 11.1 Å². The fourth-order valence-corrected chi connectivity index (χ4v) is 2.85. The number of halogens is 2. The van der Waals surface area contributed by atoms with E-state index in [4.69, 9.17) is 27.7 Å². The first kappa shape index (κ1) is 17.5. The summed E-state index contributed by atoms with van der Waals surface area (Å²) in [6.07, 6.45) is 0. The lowest BCUT2D eigenvalue weighted by atomic mass is 10.1. The molecule has 5 nitrogen and oxygen atoms in total. The van der Waals surface area contributed by atoms with Gasteiger partial charge in [0.2, 0.25) is 11.7 Å². The van der Waals surface area contributed by atoms with Crippen LogP contribution in [0.3, 0.4) is 0 Å². The zero-order valence-electron chi connectivity index (χ0n) is 13.7. The van der Waals surface area contributed by atoms with Gasteiger partial charge >= 0.3 is 0 Å². The molecule has 3 aromatic rings. The maximum Gasteiger partial charge on any atom is 0.255 e. The Kier molecular flexibility index (Phi) is 5.06. The molecule has 0 aliphatic rings. The van der Waals surface area contributed by atoms with Crippen LogP contribution in [0.1, 0.15) is 21.8 Å². The Balaban J connectivity index is 1.75. The lowest BCUT2D eigenvalue weighted by Crippen LogP contribution is -2.26. The molecule has 1 amide bonds. The minimum Gasteiger partial charge on any atom is -0.337 e. The number of nitrogens with zero attached hydrogens (tertiary/aromatic N) is 3. The van der Waals surface area contributed by atoms with Gasteiger partial charge in [-0.25, -0.2) is 0 Å². The molecule has 0 spiro atoms. The predicted octanol–water partition coefficient (Wildman–Crippen LogP) is 4.62. The molecule has 1 aromatic heterocycles. The van der Waals surface area contributed by atoms with Crippen LogP contribution >= 0.6 is 23.2 Å². The van der Waals surface area contributed by atoms with Crippen molar-refractivity contribution in [3.05, 3.63) is 69.5 Å². The van der Waals surface area contributed by atoms with Gasteiger partial charge in [-0.1, -0.05) is 52.1 Å². The average molecular weight is 376 g/mol. The molecule has 25 heavy (non-hydrogen) atoms. The van der Waals surface area contributed by atoms with Crippen molar-refractivity contribution in [1.82, 2.24) is 15.0 Å². The van der Waals surface area contributed by atoms with Gasteiger partial charge in [0, 0.05) is 17.6 Å². The molecule has 0 aliphatic heterocycles. The number of carbonyl (C=O) groups excluding carboxylic acids is 1. The van der Waals surface area contributed by atoms with Crippen LogP contribution in [0.4, 0.5) is 0 Å². The van der Waals surface area contributed by atoms with Crippen molar-refractivity contribution < 1.29 is 9.32 Å². The van der Waals surface area contributed by atoms with Crippen LogP contribution in [0.2, 0.25) is 10.0 Å². The van der Waals surface area contributed by atoms with Gasteiger partial charge in [-0.15, -0.1) is 0 Å². The molecular formula is C18H15Cl2N3O2. The third-order valence-electron chi connectivity index (χ3n) is 3.63. The van der Waals surface area contributed by atoms with Crippen molar-refractivity contribution in [2.24, 2.45) is 0 Å². The maximum atomic E-state index is 12.5. The molecule has 0 saturated carbocycles. The second-order valence-corrected chi connectivity index (χ2v) is 6.51. The average Bonchev–Trinajstić information content (AvgIpc) is 3.03. The van der Waals surface area contributed by atoms with E-state index in [9.17, 15) is 4.79 Å². The standard InChI is InChI=1S/C18H15Cl2N3O2/c1-11-4-3-5-12(8-11)17-21-16(25-22-17)10-23(2)18(24)14-7-6-13(19)9-15(14)20/h3-9H,10H2,1-2H3. The number of rotatable bonds is 4. The number of hydrogen-bond acceptors (Lipinski definition) is 4. The molecule has 0 radical (unpaired) electrons. The molecule has 0 unspecified atom stereocenters. The highest BCUT2D eigenvalue weighted by atomic mass is 35.5. The van der Waals surface area contributed by atoms with E-state index >= 15 is 0 Å². The summed E-state index contributed by atoms with van der Waals surface area (Å²) >= 11 is 11.9. The number of benzene rings is 2. The Morgan fingerprint density at radius 2 is 2.00 bits per heavy atom. The first-order chi connectivity index (χ1) is 11.9. The van der Waals surface area contributed by atoms with Gasteiger partial charge in [-0.3, -0.25) is 4.79 Å². The molecule has 0 aliphatic carbocycles. The lowest BCUT2D eigenvalue weighted by Gasteiger charge is -2.15. The topological polar surface area (TPSA) is 59.2 Å². The van der Waals surface area contributed by atoms with E-state index in [-0.39, 0.29) is 12.5 Å². The van der Waals surface area contributed by atoms with E-state index in [1.807, 2.05) is 31.2 Å². The zero-order valence-corrected chi connectivity index (χ0v) is 15.2. The molecule has 0 fully saturated rings. The fourth-order valence-electron chi connectivity index (χ4n) is 2.36. The Morgan fingerprint density at radius 3 is 2.72 bits per heavy atom. The summed E-state index contributed by atoms with van der Waals surface area (Å²) in [5.74, 6) is 0.582. The first-order valence-electron chi connectivity index (χ1n) is 7.54. The molecule has 2 aromatic carbocycles. The monoisotopic (exact) mass is 375 g/mol. The van der Waals surface area contributed by atoms with Crippen LogP contribution in [-0.2, 0) is 6.54 Å². The van der Waals surface area contributed by atoms with Crippen LogP contribution in [0, 0.1) is 6.92 Å². The van der Waals surface area contributed by atoms with Gasteiger partial charge in [-0.2, -0.15) is 4.98 Å². The Hall–Kier alpha value is -2.37. The maximum absolute atomic E-state index is 12.5. The van der Waals surface area contributed by atoms with Crippen LogP contribution in [0.25, 0.3) is 11.4 Å². The number of aryl methyl sites for hydroxylation is 1. The third kappa shape index (κ3) is 4.00. The Morgan fingerprint density at radius 1 is 1.20 bits per heavy atom. The fraction of sp³-hybridized carbons (Fsp3) is 0.167. The predicted molar refractivity (Wildman–Crippen MR) is 96.7 cm³/mol. The van der Waals surface area contributed by atoms with Gasteiger partial charge in [0.05, 0.1) is 17.1 Å². The van der Waals surface area contributed by atoms with Crippen molar-refractivity contribution in [3.8, 4) is 11.4 Å². The second-order valence-electron chi connectivity index (χ2n) is 5.67. The highest BCUT2D eigenvalue weighted by molar-refractivity contribution is 6.36.